The molecule has 1 saturated carbocycles. The molecule has 25 heavy (non-hydrogen) atoms. The molecule has 0 unspecified atom stereocenters. The molecule has 128 valence electrons. The Balaban J connectivity index is 1.69. The minimum absolute atomic E-state index is 0.314. The highest BCUT2D eigenvalue weighted by Gasteiger charge is 2.21. The van der Waals surface area contributed by atoms with Crippen LogP contribution >= 0.6 is 11.3 Å². The van der Waals surface area contributed by atoms with Gasteiger partial charge >= 0.3 is 0 Å². The van der Waals surface area contributed by atoms with Gasteiger partial charge in [0.05, 0.1) is 0 Å². The Kier molecular flexibility index (Phi) is 4.43. The van der Waals surface area contributed by atoms with Gasteiger partial charge in [-0.25, -0.2) is 8.78 Å². The Morgan fingerprint density at radius 2 is 1.44 bits per heavy atom. The summed E-state index contributed by atoms with van der Waals surface area (Å²) in [5.41, 5.74) is 2.47. The molecule has 0 bridgehead atoms. The number of rotatable bonds is 3. The minimum Gasteiger partial charge on any atom is -0.203 e. The first-order chi connectivity index (χ1) is 12.1. The van der Waals surface area contributed by atoms with Crippen LogP contribution in [0.15, 0.2) is 48.5 Å². The normalized spacial score (nSPS) is 15.0. The van der Waals surface area contributed by atoms with Crippen molar-refractivity contribution in [3.05, 3.63) is 70.6 Å². The maximum atomic E-state index is 14.7. The number of halogens is 2. The topological polar surface area (TPSA) is 0 Å². The van der Waals surface area contributed by atoms with Crippen molar-refractivity contribution in [2.75, 3.05) is 0 Å². The molecule has 0 radical (unpaired) electrons. The molecule has 1 fully saturated rings. The van der Waals surface area contributed by atoms with Gasteiger partial charge in [0.2, 0.25) is 0 Å². The molecule has 1 aliphatic rings. The molecule has 1 aromatic heterocycles. The highest BCUT2D eigenvalue weighted by molar-refractivity contribution is 7.15. The number of hydrogen-bond acceptors (Lipinski definition) is 1. The summed E-state index contributed by atoms with van der Waals surface area (Å²) >= 11 is 1.60. The van der Waals surface area contributed by atoms with Gasteiger partial charge in [-0.05, 0) is 49.4 Å². The van der Waals surface area contributed by atoms with E-state index in [1.54, 1.807) is 23.5 Å². The lowest BCUT2D eigenvalue weighted by Crippen LogP contribution is -1.93. The molecule has 1 heterocycles. The predicted molar refractivity (Wildman–Crippen MR) is 101 cm³/mol. The Hall–Kier alpha value is -2.00. The van der Waals surface area contributed by atoms with Gasteiger partial charge in [0.25, 0.3) is 0 Å². The molecular formula is C22H20F2S. The molecule has 0 N–H and O–H groups in total. The molecule has 0 saturated heterocycles. The van der Waals surface area contributed by atoms with Gasteiger partial charge in [-0.15, -0.1) is 11.3 Å². The van der Waals surface area contributed by atoms with Gasteiger partial charge in [-0.3, -0.25) is 0 Å². The van der Waals surface area contributed by atoms with Crippen LogP contribution in [-0.2, 0) is 0 Å². The lowest BCUT2D eigenvalue weighted by atomic mass is 10.0. The maximum absolute atomic E-state index is 14.7. The van der Waals surface area contributed by atoms with Gasteiger partial charge in [-0.2, -0.15) is 0 Å². The molecule has 3 aromatic rings. The van der Waals surface area contributed by atoms with Crippen molar-refractivity contribution in [3.8, 4) is 21.6 Å². The first-order valence-corrected chi connectivity index (χ1v) is 9.60. The molecule has 1 aliphatic carbocycles. The van der Waals surface area contributed by atoms with Crippen LogP contribution in [0.2, 0.25) is 0 Å². The van der Waals surface area contributed by atoms with Gasteiger partial charge in [0, 0.05) is 20.9 Å². The third-order valence-electron chi connectivity index (χ3n) is 5.09. The molecule has 4 rings (SSSR count). The number of benzene rings is 2. The number of aryl methyl sites for hydroxylation is 1. The first-order valence-electron chi connectivity index (χ1n) is 8.78. The minimum atomic E-state index is -0.767. The zero-order valence-corrected chi connectivity index (χ0v) is 15.0. The van der Waals surface area contributed by atoms with E-state index in [9.17, 15) is 8.78 Å². The molecule has 0 nitrogen and oxygen atoms in total. The monoisotopic (exact) mass is 354 g/mol. The van der Waals surface area contributed by atoms with E-state index < -0.39 is 11.6 Å². The van der Waals surface area contributed by atoms with E-state index in [1.807, 2.05) is 37.3 Å². The molecule has 0 spiro atoms. The van der Waals surface area contributed by atoms with E-state index in [-0.39, 0.29) is 0 Å². The second-order valence-electron chi connectivity index (χ2n) is 6.84. The zero-order valence-electron chi connectivity index (χ0n) is 14.2. The van der Waals surface area contributed by atoms with Crippen LogP contribution in [-0.4, -0.2) is 0 Å². The van der Waals surface area contributed by atoms with Crippen LogP contribution in [0.4, 0.5) is 8.78 Å². The summed E-state index contributed by atoms with van der Waals surface area (Å²) in [7, 11) is 0. The highest BCUT2D eigenvalue weighted by atomic mass is 32.1. The van der Waals surface area contributed by atoms with E-state index in [0.717, 1.165) is 10.4 Å². The first kappa shape index (κ1) is 16.5. The summed E-state index contributed by atoms with van der Waals surface area (Å²) in [6.45, 7) is 1.97. The van der Waals surface area contributed by atoms with E-state index >= 15 is 0 Å². The SMILES string of the molecule is Cc1ccc(-c2ccc(-c3ccc(C4CCCC4)s3)c(F)c2F)cc1. The Labute approximate surface area is 151 Å². The van der Waals surface area contributed by atoms with Crippen molar-refractivity contribution in [1.29, 1.82) is 0 Å². The highest BCUT2D eigenvalue weighted by Crippen LogP contribution is 2.41. The van der Waals surface area contributed by atoms with Crippen LogP contribution in [0.25, 0.3) is 21.6 Å². The predicted octanol–water partition coefficient (Wildman–Crippen LogP) is 7.33. The smallest absolute Gasteiger partial charge is 0.168 e. The van der Waals surface area contributed by atoms with Crippen molar-refractivity contribution < 1.29 is 8.78 Å². The standard InChI is InChI=1S/C22H20F2S/c1-14-6-8-15(9-7-14)17-10-11-18(22(24)21(17)23)20-13-12-19(25-20)16-4-2-3-5-16/h6-13,16H,2-5H2,1H3. The van der Waals surface area contributed by atoms with E-state index in [4.69, 9.17) is 0 Å². The molecule has 2 aromatic carbocycles. The Bertz CT molecular complexity index is 887. The van der Waals surface area contributed by atoms with Gasteiger partial charge < -0.3 is 0 Å². The lowest BCUT2D eigenvalue weighted by molar-refractivity contribution is 0.514. The Morgan fingerprint density at radius 3 is 2.16 bits per heavy atom. The van der Waals surface area contributed by atoms with Gasteiger partial charge in [0.1, 0.15) is 0 Å². The molecular weight excluding hydrogens is 334 g/mol. The summed E-state index contributed by atoms with van der Waals surface area (Å²) in [6, 6.07) is 14.9. The summed E-state index contributed by atoms with van der Waals surface area (Å²) in [5, 5.41) is 0. The van der Waals surface area contributed by atoms with Crippen LogP contribution in [0.3, 0.4) is 0 Å². The van der Waals surface area contributed by atoms with Crippen LogP contribution in [0.1, 0.15) is 42.0 Å². The molecule has 3 heteroatoms. The van der Waals surface area contributed by atoms with Crippen molar-refractivity contribution in [2.24, 2.45) is 0 Å². The largest absolute Gasteiger partial charge is 0.203 e. The molecule has 0 atom stereocenters. The second-order valence-corrected chi connectivity index (χ2v) is 7.95. The average Bonchev–Trinajstić information content (AvgIpc) is 3.29. The fraction of sp³-hybridized carbons (Fsp3) is 0.273. The zero-order chi connectivity index (χ0) is 17.4. The van der Waals surface area contributed by atoms with Crippen LogP contribution in [0.5, 0.6) is 0 Å². The fourth-order valence-electron chi connectivity index (χ4n) is 3.62. The Morgan fingerprint density at radius 1 is 0.800 bits per heavy atom. The summed E-state index contributed by atoms with van der Waals surface area (Å²) in [5.74, 6) is -0.923. The van der Waals surface area contributed by atoms with Gasteiger partial charge in [-0.1, -0.05) is 48.7 Å². The van der Waals surface area contributed by atoms with Crippen molar-refractivity contribution >= 4 is 11.3 Å². The average molecular weight is 354 g/mol. The number of hydrogen-bond donors (Lipinski definition) is 0. The van der Waals surface area contributed by atoms with E-state index in [0.29, 0.717) is 22.6 Å². The quantitative estimate of drug-likeness (QED) is 0.462. The van der Waals surface area contributed by atoms with Gasteiger partial charge in [0.15, 0.2) is 11.6 Å². The number of thiophene rings is 1. The van der Waals surface area contributed by atoms with E-state index in [1.165, 1.54) is 30.6 Å². The summed E-state index contributed by atoms with van der Waals surface area (Å²) in [6.07, 6.45) is 4.96. The van der Waals surface area contributed by atoms with Crippen molar-refractivity contribution in [2.45, 2.75) is 38.5 Å². The molecule has 0 amide bonds. The summed E-state index contributed by atoms with van der Waals surface area (Å²) in [4.78, 5) is 2.11. The molecule has 0 aliphatic heterocycles. The lowest BCUT2D eigenvalue weighted by Gasteiger charge is -2.09. The second kappa shape index (κ2) is 6.72. The van der Waals surface area contributed by atoms with Crippen LogP contribution in [0, 0.1) is 18.6 Å². The van der Waals surface area contributed by atoms with Crippen LogP contribution < -0.4 is 0 Å². The van der Waals surface area contributed by atoms with Crippen molar-refractivity contribution in [1.82, 2.24) is 0 Å². The van der Waals surface area contributed by atoms with Crippen molar-refractivity contribution in [3.63, 3.8) is 0 Å². The third-order valence-corrected chi connectivity index (χ3v) is 6.38. The maximum Gasteiger partial charge on any atom is 0.168 e. The van der Waals surface area contributed by atoms with E-state index in [2.05, 4.69) is 6.07 Å². The third kappa shape index (κ3) is 3.13. The summed E-state index contributed by atoms with van der Waals surface area (Å²) < 4.78 is 29.4. The fourth-order valence-corrected chi connectivity index (χ4v) is 4.82.